The molecule has 5 heteroatoms. The SMILES string of the molecule is COc1ccc(N(CC(=O)OC(C)(C)C)CC(C)(C)C)c(O)c1. The maximum atomic E-state index is 12.2. The first-order valence-electron chi connectivity index (χ1n) is 7.75. The molecular weight excluding hydrogens is 294 g/mol. The first-order chi connectivity index (χ1) is 10.4. The summed E-state index contributed by atoms with van der Waals surface area (Å²) in [6.45, 7) is 12.4. The summed E-state index contributed by atoms with van der Waals surface area (Å²) in [6, 6.07) is 5.06. The molecule has 0 saturated heterocycles. The molecule has 130 valence electrons. The normalized spacial score (nSPS) is 12.0. The first kappa shape index (κ1) is 19.1. The van der Waals surface area contributed by atoms with Crippen LogP contribution in [0.15, 0.2) is 18.2 Å². The Balaban J connectivity index is 3.03. The molecule has 0 aliphatic heterocycles. The summed E-state index contributed by atoms with van der Waals surface area (Å²) in [4.78, 5) is 14.0. The van der Waals surface area contributed by atoms with Gasteiger partial charge in [0.05, 0.1) is 12.8 Å². The highest BCUT2D eigenvalue weighted by atomic mass is 16.6. The summed E-state index contributed by atoms with van der Waals surface area (Å²) in [5.41, 5.74) is 0.00691. The zero-order valence-corrected chi connectivity index (χ0v) is 15.3. The minimum absolute atomic E-state index is 0.0472. The van der Waals surface area contributed by atoms with Crippen molar-refractivity contribution < 1.29 is 19.4 Å². The van der Waals surface area contributed by atoms with Crippen molar-refractivity contribution in [3.63, 3.8) is 0 Å². The van der Waals surface area contributed by atoms with Gasteiger partial charge in [-0.05, 0) is 38.3 Å². The molecule has 0 amide bonds. The monoisotopic (exact) mass is 323 g/mol. The minimum Gasteiger partial charge on any atom is -0.506 e. The number of esters is 1. The maximum absolute atomic E-state index is 12.2. The summed E-state index contributed by atoms with van der Waals surface area (Å²) >= 11 is 0. The molecule has 23 heavy (non-hydrogen) atoms. The summed E-state index contributed by atoms with van der Waals surface area (Å²) < 4.78 is 10.5. The Bertz CT molecular complexity index is 541. The number of anilines is 1. The zero-order valence-electron chi connectivity index (χ0n) is 15.3. The van der Waals surface area contributed by atoms with E-state index in [1.165, 1.54) is 0 Å². The highest BCUT2D eigenvalue weighted by Gasteiger charge is 2.24. The Kier molecular flexibility index (Phi) is 5.92. The summed E-state index contributed by atoms with van der Waals surface area (Å²) in [7, 11) is 1.54. The van der Waals surface area contributed by atoms with E-state index >= 15 is 0 Å². The van der Waals surface area contributed by atoms with Gasteiger partial charge in [0, 0.05) is 12.6 Å². The van der Waals surface area contributed by atoms with Crippen LogP contribution >= 0.6 is 0 Å². The van der Waals surface area contributed by atoms with Gasteiger partial charge in [-0.3, -0.25) is 4.79 Å². The van der Waals surface area contributed by atoms with Gasteiger partial charge in [-0.15, -0.1) is 0 Å². The van der Waals surface area contributed by atoms with Gasteiger partial charge in [0.1, 0.15) is 23.6 Å². The van der Waals surface area contributed by atoms with Gasteiger partial charge in [-0.25, -0.2) is 0 Å². The summed E-state index contributed by atoms with van der Waals surface area (Å²) in [5.74, 6) is 0.327. The van der Waals surface area contributed by atoms with Gasteiger partial charge >= 0.3 is 5.97 Å². The van der Waals surface area contributed by atoms with E-state index < -0.39 is 5.60 Å². The fraction of sp³-hybridized carbons (Fsp3) is 0.611. The van der Waals surface area contributed by atoms with Crippen molar-refractivity contribution in [2.24, 2.45) is 5.41 Å². The number of hydrogen-bond acceptors (Lipinski definition) is 5. The van der Waals surface area contributed by atoms with Gasteiger partial charge in [0.2, 0.25) is 0 Å². The lowest BCUT2D eigenvalue weighted by atomic mass is 9.95. The number of aromatic hydroxyl groups is 1. The standard InChI is InChI=1S/C18H29NO4/c1-17(2,3)12-19(11-16(21)23-18(4,5)6)14-9-8-13(22-7)10-15(14)20/h8-10,20H,11-12H2,1-7H3. The van der Waals surface area contributed by atoms with E-state index in [0.29, 0.717) is 18.0 Å². The van der Waals surface area contributed by atoms with Crippen molar-refractivity contribution in [3.8, 4) is 11.5 Å². The van der Waals surface area contributed by atoms with Gasteiger partial charge in [0.25, 0.3) is 0 Å². The van der Waals surface area contributed by atoms with Crippen LogP contribution < -0.4 is 9.64 Å². The molecular formula is C18H29NO4. The third-order valence-corrected chi connectivity index (χ3v) is 2.93. The third-order valence-electron chi connectivity index (χ3n) is 2.93. The fourth-order valence-electron chi connectivity index (χ4n) is 2.23. The van der Waals surface area contributed by atoms with E-state index in [9.17, 15) is 9.90 Å². The van der Waals surface area contributed by atoms with Crippen molar-refractivity contribution in [1.82, 2.24) is 0 Å². The van der Waals surface area contributed by atoms with Crippen molar-refractivity contribution in [3.05, 3.63) is 18.2 Å². The second kappa shape index (κ2) is 7.11. The molecule has 0 unspecified atom stereocenters. The van der Waals surface area contributed by atoms with E-state index in [1.54, 1.807) is 25.3 Å². The van der Waals surface area contributed by atoms with Crippen LogP contribution in [0.2, 0.25) is 0 Å². The van der Waals surface area contributed by atoms with E-state index in [-0.39, 0.29) is 23.7 Å². The number of hydrogen-bond donors (Lipinski definition) is 1. The van der Waals surface area contributed by atoms with E-state index in [4.69, 9.17) is 9.47 Å². The molecule has 1 aromatic rings. The van der Waals surface area contributed by atoms with Crippen molar-refractivity contribution >= 4 is 11.7 Å². The first-order valence-corrected chi connectivity index (χ1v) is 7.75. The van der Waals surface area contributed by atoms with Crippen LogP contribution in [0.4, 0.5) is 5.69 Å². The molecule has 0 aromatic heterocycles. The van der Waals surface area contributed by atoms with Crippen molar-refractivity contribution in [2.45, 2.75) is 47.1 Å². The highest BCUT2D eigenvalue weighted by molar-refractivity contribution is 5.77. The topological polar surface area (TPSA) is 59.0 Å². The average Bonchev–Trinajstić information content (AvgIpc) is 2.33. The number of nitrogens with zero attached hydrogens (tertiary/aromatic N) is 1. The predicted octanol–water partition coefficient (Wildman–Crippen LogP) is 3.60. The Morgan fingerprint density at radius 3 is 2.22 bits per heavy atom. The van der Waals surface area contributed by atoms with Crippen LogP contribution in [0, 0.1) is 5.41 Å². The van der Waals surface area contributed by atoms with Gasteiger partial charge in [-0.1, -0.05) is 20.8 Å². The summed E-state index contributed by atoms with van der Waals surface area (Å²) in [6.07, 6.45) is 0. The van der Waals surface area contributed by atoms with Crippen molar-refractivity contribution in [2.75, 3.05) is 25.1 Å². The highest BCUT2D eigenvalue weighted by Crippen LogP contribution is 2.33. The van der Waals surface area contributed by atoms with Gasteiger partial charge in [0.15, 0.2) is 0 Å². The maximum Gasteiger partial charge on any atom is 0.326 e. The number of carbonyl (C=O) groups excluding carboxylic acids is 1. The van der Waals surface area contributed by atoms with Crippen LogP contribution in [0.3, 0.4) is 0 Å². The fourth-order valence-corrected chi connectivity index (χ4v) is 2.23. The number of ether oxygens (including phenoxy) is 2. The lowest BCUT2D eigenvalue weighted by Gasteiger charge is -2.32. The van der Waals surface area contributed by atoms with Crippen molar-refractivity contribution in [1.29, 1.82) is 0 Å². The van der Waals surface area contributed by atoms with Crippen LogP contribution in [-0.4, -0.2) is 36.9 Å². The molecule has 0 bridgehead atoms. The Labute approximate surface area is 139 Å². The molecule has 1 N–H and O–H groups in total. The minimum atomic E-state index is -0.535. The van der Waals surface area contributed by atoms with Crippen LogP contribution in [0.5, 0.6) is 11.5 Å². The van der Waals surface area contributed by atoms with Crippen LogP contribution in [0.25, 0.3) is 0 Å². The van der Waals surface area contributed by atoms with Gasteiger partial charge < -0.3 is 19.5 Å². The van der Waals surface area contributed by atoms with Crippen LogP contribution in [0.1, 0.15) is 41.5 Å². The quantitative estimate of drug-likeness (QED) is 0.839. The average molecular weight is 323 g/mol. The third kappa shape index (κ3) is 6.80. The molecule has 0 radical (unpaired) electrons. The van der Waals surface area contributed by atoms with Gasteiger partial charge in [-0.2, -0.15) is 0 Å². The Hall–Kier alpha value is -1.91. The lowest BCUT2D eigenvalue weighted by molar-refractivity contribution is -0.153. The predicted molar refractivity (Wildman–Crippen MR) is 92.2 cm³/mol. The number of carbonyl (C=O) groups is 1. The number of benzene rings is 1. The molecule has 0 aliphatic carbocycles. The van der Waals surface area contributed by atoms with E-state index in [2.05, 4.69) is 20.8 Å². The molecule has 5 nitrogen and oxygen atoms in total. The molecule has 1 rings (SSSR count). The Morgan fingerprint density at radius 1 is 1.17 bits per heavy atom. The lowest BCUT2D eigenvalue weighted by Crippen LogP contribution is -2.39. The smallest absolute Gasteiger partial charge is 0.326 e. The Morgan fingerprint density at radius 2 is 1.78 bits per heavy atom. The van der Waals surface area contributed by atoms with E-state index in [1.807, 2.05) is 25.7 Å². The second-order valence-electron chi connectivity index (χ2n) is 7.86. The molecule has 0 aliphatic rings. The molecule has 0 atom stereocenters. The number of rotatable bonds is 5. The number of phenolic OH excluding ortho intramolecular Hbond substituents is 1. The molecule has 0 heterocycles. The molecule has 0 fully saturated rings. The van der Waals surface area contributed by atoms with Crippen LogP contribution in [-0.2, 0) is 9.53 Å². The summed E-state index contributed by atoms with van der Waals surface area (Å²) in [5, 5.41) is 10.3. The molecule has 0 saturated carbocycles. The zero-order chi connectivity index (χ0) is 17.8. The number of phenols is 1. The molecule has 1 aromatic carbocycles. The second-order valence-corrected chi connectivity index (χ2v) is 7.86. The largest absolute Gasteiger partial charge is 0.506 e. The number of methoxy groups -OCH3 is 1. The van der Waals surface area contributed by atoms with E-state index in [0.717, 1.165) is 0 Å². The molecule has 0 spiro atoms.